The molecule has 0 aliphatic rings. The highest BCUT2D eigenvalue weighted by atomic mass is 33.1. The fourth-order valence-electron chi connectivity index (χ4n) is 0.524. The third kappa shape index (κ3) is 8.21. The zero-order valence-corrected chi connectivity index (χ0v) is 9.58. The molecular weight excluding hydrogens is 224 g/mol. The van der Waals surface area contributed by atoms with Crippen molar-refractivity contribution in [2.45, 2.75) is 13.3 Å². The quantitative estimate of drug-likeness (QED) is 0.289. The monoisotopic (exact) mass is 238 g/mol. The Hall–Kier alpha value is -0.400. The zero-order valence-electron chi connectivity index (χ0n) is 7.95. The van der Waals surface area contributed by atoms with Crippen molar-refractivity contribution in [3.8, 4) is 0 Å². The predicted octanol–water partition coefficient (Wildman–Crippen LogP) is 0.311. The Morgan fingerprint density at radius 1 is 1.50 bits per heavy atom. The molecule has 14 heavy (non-hydrogen) atoms. The van der Waals surface area contributed by atoms with E-state index in [1.807, 2.05) is 6.92 Å². The van der Waals surface area contributed by atoms with Crippen LogP contribution in [-0.4, -0.2) is 30.8 Å². The molecule has 0 rings (SSSR count). The van der Waals surface area contributed by atoms with Crippen molar-refractivity contribution in [2.75, 3.05) is 19.0 Å². The molecule has 2 amide bonds. The van der Waals surface area contributed by atoms with Crippen molar-refractivity contribution in [2.24, 2.45) is 5.73 Å². The van der Waals surface area contributed by atoms with Crippen LogP contribution >= 0.6 is 21.8 Å². The predicted molar refractivity (Wildman–Crippen MR) is 58.5 cm³/mol. The molecule has 0 saturated heterocycles. The number of carbonyl (C=O) groups is 2. The Morgan fingerprint density at radius 2 is 2.21 bits per heavy atom. The molecular formula is C7H14N2O3S2. The minimum absolute atomic E-state index is 0.716. The normalized spacial score (nSPS) is 9.79. The van der Waals surface area contributed by atoms with Gasteiger partial charge in [-0.05, 0) is 13.3 Å². The van der Waals surface area contributed by atoms with E-state index in [0.29, 0.717) is 6.61 Å². The van der Waals surface area contributed by atoms with Gasteiger partial charge in [-0.1, -0.05) is 10.8 Å². The maximum Gasteiger partial charge on any atom is 0.319 e. The van der Waals surface area contributed by atoms with Crippen molar-refractivity contribution >= 4 is 33.6 Å². The average Bonchev–Trinajstić information content (AvgIpc) is 2.16. The van der Waals surface area contributed by atoms with Crippen LogP contribution in [0.4, 0.5) is 0 Å². The smallest absolute Gasteiger partial charge is 0.319 e. The Bertz CT molecular complexity index is 190. The second-order valence-electron chi connectivity index (χ2n) is 2.25. The lowest BCUT2D eigenvalue weighted by atomic mass is 10.5. The Balaban J connectivity index is 3.13. The summed E-state index contributed by atoms with van der Waals surface area (Å²) in [6, 6.07) is 0. The molecule has 5 nitrogen and oxygen atoms in total. The third-order valence-corrected chi connectivity index (χ3v) is 3.08. The largest absolute Gasteiger partial charge is 0.382 e. The number of primary amides is 1. The van der Waals surface area contributed by atoms with Crippen LogP contribution in [0.15, 0.2) is 0 Å². The Morgan fingerprint density at radius 3 is 2.79 bits per heavy atom. The van der Waals surface area contributed by atoms with Gasteiger partial charge in [-0.2, -0.15) is 0 Å². The summed E-state index contributed by atoms with van der Waals surface area (Å²) in [7, 11) is 2.55. The highest BCUT2D eigenvalue weighted by molar-refractivity contribution is 8.76. The first kappa shape index (κ1) is 13.6. The van der Waals surface area contributed by atoms with Crippen molar-refractivity contribution in [1.82, 2.24) is 4.72 Å². The van der Waals surface area contributed by atoms with Crippen LogP contribution in [-0.2, 0) is 14.3 Å². The molecule has 0 aliphatic heterocycles. The lowest BCUT2D eigenvalue weighted by Crippen LogP contribution is -2.31. The number of rotatable bonds is 7. The minimum Gasteiger partial charge on any atom is -0.382 e. The van der Waals surface area contributed by atoms with E-state index in [1.54, 1.807) is 0 Å². The summed E-state index contributed by atoms with van der Waals surface area (Å²) >= 11 is 0. The molecule has 7 heteroatoms. The van der Waals surface area contributed by atoms with Gasteiger partial charge in [-0.3, -0.25) is 14.3 Å². The number of amides is 2. The molecule has 82 valence electrons. The number of carbonyl (C=O) groups excluding carboxylic acids is 2. The van der Waals surface area contributed by atoms with Gasteiger partial charge < -0.3 is 10.5 Å². The van der Waals surface area contributed by atoms with Gasteiger partial charge in [-0.25, -0.2) is 0 Å². The van der Waals surface area contributed by atoms with E-state index < -0.39 is 11.8 Å². The van der Waals surface area contributed by atoms with Gasteiger partial charge in [-0.15, -0.1) is 0 Å². The summed E-state index contributed by atoms with van der Waals surface area (Å²) in [4.78, 5) is 20.9. The number of ether oxygens (including phenoxy) is 1. The van der Waals surface area contributed by atoms with Gasteiger partial charge in [0.05, 0.1) is 0 Å². The molecule has 0 saturated carbocycles. The maximum absolute atomic E-state index is 10.6. The molecule has 0 radical (unpaired) electrons. The van der Waals surface area contributed by atoms with Crippen LogP contribution < -0.4 is 10.5 Å². The summed E-state index contributed by atoms with van der Waals surface area (Å²) < 4.78 is 7.41. The van der Waals surface area contributed by atoms with Crippen molar-refractivity contribution in [3.63, 3.8) is 0 Å². The second-order valence-corrected chi connectivity index (χ2v) is 4.47. The lowest BCUT2D eigenvalue weighted by Gasteiger charge is -2.01. The number of nitrogens with one attached hydrogen (secondary N) is 1. The summed E-state index contributed by atoms with van der Waals surface area (Å²) in [5.74, 6) is -0.885. The van der Waals surface area contributed by atoms with Crippen LogP contribution in [0.1, 0.15) is 13.3 Å². The molecule has 0 fully saturated rings. The van der Waals surface area contributed by atoms with Crippen molar-refractivity contribution < 1.29 is 14.3 Å². The van der Waals surface area contributed by atoms with E-state index in [1.165, 1.54) is 10.8 Å². The summed E-state index contributed by atoms with van der Waals surface area (Å²) in [5.41, 5.74) is 4.72. The van der Waals surface area contributed by atoms with Crippen LogP contribution in [0.25, 0.3) is 0 Å². The van der Waals surface area contributed by atoms with Crippen LogP contribution in [0, 0.1) is 0 Å². The maximum atomic E-state index is 10.6. The first-order chi connectivity index (χ1) is 6.68. The molecule has 0 heterocycles. The van der Waals surface area contributed by atoms with Crippen LogP contribution in [0.3, 0.4) is 0 Å². The van der Waals surface area contributed by atoms with E-state index >= 15 is 0 Å². The van der Waals surface area contributed by atoms with Gasteiger partial charge in [0.2, 0.25) is 0 Å². The van der Waals surface area contributed by atoms with Crippen LogP contribution in [0.5, 0.6) is 0 Å². The summed E-state index contributed by atoms with van der Waals surface area (Å²) in [6.45, 7) is 3.37. The van der Waals surface area contributed by atoms with Gasteiger partial charge in [0, 0.05) is 29.9 Å². The van der Waals surface area contributed by atoms with Gasteiger partial charge >= 0.3 is 11.8 Å². The van der Waals surface area contributed by atoms with Gasteiger partial charge in [0.1, 0.15) is 0 Å². The topological polar surface area (TPSA) is 81.4 Å². The zero-order chi connectivity index (χ0) is 10.8. The summed E-state index contributed by atoms with van der Waals surface area (Å²) in [6.07, 6.45) is 0.915. The van der Waals surface area contributed by atoms with Crippen molar-refractivity contribution in [1.29, 1.82) is 0 Å². The first-order valence-corrected chi connectivity index (χ1v) is 6.46. The first-order valence-electron chi connectivity index (χ1n) is 4.14. The number of nitrogens with two attached hydrogens (primary N) is 1. The van der Waals surface area contributed by atoms with Crippen molar-refractivity contribution in [3.05, 3.63) is 0 Å². The molecule has 0 spiro atoms. The standard InChI is InChI=1S/C7H14N2O3S2/c1-2-12-4-3-5-13-14-9-7(11)6(8)10/h2-5H2,1H3,(H2,8,10)(H,9,11). The van der Waals surface area contributed by atoms with E-state index in [0.717, 1.165) is 29.8 Å². The molecule has 0 aromatic rings. The number of hydrogen-bond acceptors (Lipinski definition) is 5. The molecule has 0 atom stereocenters. The number of hydrogen-bond donors (Lipinski definition) is 2. The molecule has 0 bridgehead atoms. The van der Waals surface area contributed by atoms with E-state index in [-0.39, 0.29) is 0 Å². The lowest BCUT2D eigenvalue weighted by molar-refractivity contribution is -0.136. The average molecular weight is 238 g/mol. The fourth-order valence-corrected chi connectivity index (χ4v) is 2.09. The fraction of sp³-hybridized carbons (Fsp3) is 0.714. The van der Waals surface area contributed by atoms with Gasteiger partial charge in [0.25, 0.3) is 0 Å². The van der Waals surface area contributed by atoms with E-state index in [4.69, 9.17) is 10.5 Å². The van der Waals surface area contributed by atoms with Crippen LogP contribution in [0.2, 0.25) is 0 Å². The second kappa shape index (κ2) is 9.17. The highest BCUT2D eigenvalue weighted by Crippen LogP contribution is 2.17. The minimum atomic E-state index is -0.965. The third-order valence-electron chi connectivity index (χ3n) is 1.14. The SMILES string of the molecule is CCOCCCSSNC(=O)C(N)=O. The molecule has 3 N–H and O–H groups in total. The Labute approximate surface area is 91.0 Å². The van der Waals surface area contributed by atoms with E-state index in [9.17, 15) is 9.59 Å². The highest BCUT2D eigenvalue weighted by Gasteiger charge is 2.06. The molecule has 0 unspecified atom stereocenters. The van der Waals surface area contributed by atoms with E-state index in [2.05, 4.69) is 4.72 Å². The molecule has 0 aromatic carbocycles. The Kier molecular flexibility index (Phi) is 8.90. The summed E-state index contributed by atoms with van der Waals surface area (Å²) in [5, 5.41) is 0. The molecule has 0 aliphatic carbocycles. The van der Waals surface area contributed by atoms with Gasteiger partial charge in [0.15, 0.2) is 0 Å². The molecule has 0 aromatic heterocycles.